The number of fused-ring (bicyclic) bond motifs is 1. The minimum absolute atomic E-state index is 0.0580. The lowest BCUT2D eigenvalue weighted by Crippen LogP contribution is -2.45. The molecule has 35 heavy (non-hydrogen) atoms. The van der Waals surface area contributed by atoms with E-state index in [1.807, 2.05) is 24.3 Å². The van der Waals surface area contributed by atoms with Crippen LogP contribution in [0.2, 0.25) is 0 Å². The second-order valence-corrected chi connectivity index (χ2v) is 14.1. The molecule has 3 heterocycles. The van der Waals surface area contributed by atoms with Gasteiger partial charge < -0.3 is 5.73 Å². The van der Waals surface area contributed by atoms with Gasteiger partial charge in [0.15, 0.2) is 0 Å². The van der Waals surface area contributed by atoms with Gasteiger partial charge in [0.2, 0.25) is 20.0 Å². The van der Waals surface area contributed by atoms with Crippen LogP contribution in [0.3, 0.4) is 0 Å². The average Bonchev–Trinajstić information content (AvgIpc) is 3.29. The van der Waals surface area contributed by atoms with E-state index >= 15 is 0 Å². The van der Waals surface area contributed by atoms with Crippen molar-refractivity contribution in [2.75, 3.05) is 31.9 Å². The van der Waals surface area contributed by atoms with E-state index in [-0.39, 0.29) is 12.2 Å². The Balaban J connectivity index is 1.62. The van der Waals surface area contributed by atoms with Crippen LogP contribution in [0.1, 0.15) is 69.3 Å². The predicted molar refractivity (Wildman–Crippen MR) is 140 cm³/mol. The van der Waals surface area contributed by atoms with Gasteiger partial charge in [-0.25, -0.2) is 25.4 Å². The smallest absolute Gasteiger partial charge is 0.229 e. The molecule has 8 nitrogen and oxygen atoms in total. The van der Waals surface area contributed by atoms with Crippen molar-refractivity contribution < 1.29 is 16.8 Å². The van der Waals surface area contributed by atoms with Gasteiger partial charge >= 0.3 is 0 Å². The predicted octanol–water partition coefficient (Wildman–Crippen LogP) is 3.40. The average molecular weight is 523 g/mol. The molecule has 2 fully saturated rings. The number of nitrogens with zero attached hydrogens (tertiary/aromatic N) is 3. The topological polar surface area (TPSA) is 114 Å². The van der Waals surface area contributed by atoms with E-state index in [4.69, 9.17) is 5.73 Å². The molecule has 1 aromatic heterocycles. The Bertz CT molecular complexity index is 1190. The Morgan fingerprint density at radius 3 is 2.03 bits per heavy atom. The van der Waals surface area contributed by atoms with Crippen LogP contribution in [0.15, 0.2) is 36.7 Å². The number of rotatable bonds is 8. The summed E-state index contributed by atoms with van der Waals surface area (Å²) in [5.74, 6) is -0.676. The van der Waals surface area contributed by atoms with E-state index in [1.54, 1.807) is 16.7 Å². The Morgan fingerprint density at radius 2 is 1.40 bits per heavy atom. The summed E-state index contributed by atoms with van der Waals surface area (Å²) >= 11 is 0. The summed E-state index contributed by atoms with van der Waals surface area (Å²) in [5, 5.41) is 0.739. The molecule has 1 aromatic carbocycles. The first-order chi connectivity index (χ1) is 16.8. The summed E-state index contributed by atoms with van der Waals surface area (Å²) < 4.78 is 56.8. The fourth-order valence-corrected chi connectivity index (χ4v) is 8.71. The molecule has 0 radical (unpaired) electrons. The number of nitrogens with two attached hydrogens (primary N) is 1. The highest BCUT2D eigenvalue weighted by Gasteiger charge is 2.35. The molecule has 2 aliphatic rings. The Hall–Kier alpha value is -1.59. The zero-order chi connectivity index (χ0) is 24.9. The quantitative estimate of drug-likeness (QED) is 0.568. The first-order valence-electron chi connectivity index (χ1n) is 12.8. The van der Waals surface area contributed by atoms with Gasteiger partial charge in [-0.2, -0.15) is 0 Å². The van der Waals surface area contributed by atoms with Gasteiger partial charge in [-0.05, 0) is 49.1 Å². The second kappa shape index (κ2) is 11.6. The van der Waals surface area contributed by atoms with Gasteiger partial charge in [-0.15, -0.1) is 0 Å². The van der Waals surface area contributed by atoms with Crippen molar-refractivity contribution >= 4 is 30.8 Å². The molecule has 4 rings (SSSR count). The first-order valence-corrected chi connectivity index (χ1v) is 15.9. The van der Waals surface area contributed by atoms with Crippen LogP contribution in [0.5, 0.6) is 0 Å². The molecule has 0 amide bonds. The summed E-state index contributed by atoms with van der Waals surface area (Å²) in [6, 6.07) is 7.63. The van der Waals surface area contributed by atoms with Gasteiger partial charge in [0.05, 0.1) is 5.75 Å². The van der Waals surface area contributed by atoms with Crippen LogP contribution in [0.4, 0.5) is 0 Å². The fraction of sp³-hybridized carbons (Fsp3) is 0.640. The summed E-state index contributed by atoms with van der Waals surface area (Å²) in [6.45, 7) is 2.01. The van der Waals surface area contributed by atoms with Gasteiger partial charge in [0.25, 0.3) is 0 Å². The molecule has 10 heteroatoms. The molecule has 0 spiro atoms. The summed E-state index contributed by atoms with van der Waals surface area (Å²) in [4.78, 5) is 4.15. The summed E-state index contributed by atoms with van der Waals surface area (Å²) in [6.07, 6.45) is 11.0. The summed E-state index contributed by atoms with van der Waals surface area (Å²) in [5.41, 5.74) is 7.15. The molecule has 0 bridgehead atoms. The molecule has 0 saturated carbocycles. The molecule has 2 N–H and O–H groups in total. The van der Waals surface area contributed by atoms with Crippen molar-refractivity contribution in [3.63, 3.8) is 0 Å². The van der Waals surface area contributed by atoms with Crippen LogP contribution in [-0.4, -0.2) is 67.7 Å². The third kappa shape index (κ3) is 6.60. The lowest BCUT2D eigenvalue weighted by molar-refractivity contribution is 0.406. The zero-order valence-corrected chi connectivity index (χ0v) is 22.0. The summed E-state index contributed by atoms with van der Waals surface area (Å²) in [7, 11) is -7.30. The highest BCUT2D eigenvalue weighted by Crippen LogP contribution is 2.30. The minimum atomic E-state index is -3.72. The highest BCUT2D eigenvalue weighted by atomic mass is 32.2. The van der Waals surface area contributed by atoms with Gasteiger partial charge in [-0.1, -0.05) is 43.9 Å². The number of aromatic nitrogens is 1. The van der Waals surface area contributed by atoms with Gasteiger partial charge in [0, 0.05) is 49.9 Å². The van der Waals surface area contributed by atoms with E-state index < -0.39 is 31.3 Å². The highest BCUT2D eigenvalue weighted by molar-refractivity contribution is 7.89. The van der Waals surface area contributed by atoms with Gasteiger partial charge in [0.1, 0.15) is 5.37 Å². The number of sulfonamides is 2. The van der Waals surface area contributed by atoms with Crippen molar-refractivity contribution in [1.82, 2.24) is 13.6 Å². The van der Waals surface area contributed by atoms with Gasteiger partial charge in [-0.3, -0.25) is 4.98 Å². The van der Waals surface area contributed by atoms with E-state index in [0.717, 1.165) is 67.7 Å². The monoisotopic (exact) mass is 522 g/mol. The molecule has 2 aromatic rings. The SMILES string of the molecule is NC(CC(CS(=O)(=O)N1CCCCCC1)c1ccc2cnccc2c1)S(=O)(=O)N1CCCCCC1. The lowest BCUT2D eigenvalue weighted by Gasteiger charge is -2.28. The maximum Gasteiger partial charge on any atom is 0.229 e. The fourth-order valence-electron chi connectivity index (χ4n) is 5.23. The maximum atomic E-state index is 13.5. The molecule has 2 unspecified atom stereocenters. The molecule has 2 saturated heterocycles. The van der Waals surface area contributed by atoms with Crippen LogP contribution >= 0.6 is 0 Å². The first kappa shape index (κ1) is 26.5. The Labute approximate surface area is 210 Å². The van der Waals surface area contributed by atoms with Crippen molar-refractivity contribution in [2.45, 2.75) is 69.1 Å². The molecular formula is C25H38N4O4S2. The van der Waals surface area contributed by atoms with Crippen LogP contribution in [0.25, 0.3) is 10.8 Å². The second-order valence-electron chi connectivity index (χ2n) is 9.90. The van der Waals surface area contributed by atoms with Crippen molar-refractivity contribution in [3.8, 4) is 0 Å². The third-order valence-electron chi connectivity index (χ3n) is 7.33. The number of pyridine rings is 1. The Kier molecular flexibility index (Phi) is 8.80. The number of benzene rings is 1. The van der Waals surface area contributed by atoms with Crippen LogP contribution < -0.4 is 5.73 Å². The molecule has 0 aliphatic carbocycles. The zero-order valence-electron chi connectivity index (χ0n) is 20.4. The van der Waals surface area contributed by atoms with Crippen molar-refractivity contribution in [3.05, 3.63) is 42.2 Å². The van der Waals surface area contributed by atoms with Crippen molar-refractivity contribution in [1.29, 1.82) is 0 Å². The van der Waals surface area contributed by atoms with E-state index in [2.05, 4.69) is 4.98 Å². The van der Waals surface area contributed by atoms with E-state index in [9.17, 15) is 16.8 Å². The standard InChI is InChI=1S/C25H38N4O4S2/c26-25(35(32,33)29-15-7-3-4-8-16-29)18-24(20-34(30,31)28-13-5-1-2-6-14-28)21-9-10-23-19-27-12-11-22(23)17-21/h9-12,17,19,24-25H,1-8,13-16,18,20,26H2. The maximum absolute atomic E-state index is 13.5. The largest absolute Gasteiger partial charge is 0.314 e. The van der Waals surface area contributed by atoms with Crippen LogP contribution in [-0.2, 0) is 20.0 Å². The van der Waals surface area contributed by atoms with Crippen LogP contribution in [0, 0.1) is 0 Å². The van der Waals surface area contributed by atoms with E-state index in [1.165, 1.54) is 4.31 Å². The minimum Gasteiger partial charge on any atom is -0.314 e. The normalized spacial score (nSPS) is 21.3. The van der Waals surface area contributed by atoms with E-state index in [0.29, 0.717) is 26.2 Å². The molecular weight excluding hydrogens is 484 g/mol. The van der Waals surface area contributed by atoms with Crippen molar-refractivity contribution in [2.24, 2.45) is 5.73 Å². The number of hydrogen-bond acceptors (Lipinski definition) is 6. The number of hydrogen-bond donors (Lipinski definition) is 1. The molecule has 194 valence electrons. The lowest BCUT2D eigenvalue weighted by atomic mass is 9.95. The molecule has 2 aliphatic heterocycles. The molecule has 2 atom stereocenters. The third-order valence-corrected chi connectivity index (χ3v) is 11.3. The Morgan fingerprint density at radius 1 is 0.800 bits per heavy atom.